The Labute approximate surface area is 142 Å². The first-order chi connectivity index (χ1) is 11.5. The number of rotatable bonds is 4. The zero-order valence-corrected chi connectivity index (χ0v) is 13.6. The van der Waals surface area contributed by atoms with Crippen LogP contribution in [0.25, 0.3) is 22.3 Å². The van der Waals surface area contributed by atoms with Gasteiger partial charge < -0.3 is 14.9 Å². The van der Waals surface area contributed by atoms with Crippen molar-refractivity contribution < 1.29 is 13.9 Å². The summed E-state index contributed by atoms with van der Waals surface area (Å²) in [7, 11) is 0. The second-order valence-corrected chi connectivity index (χ2v) is 5.79. The Bertz CT molecular complexity index is 977. The number of fused-ring (bicyclic) bond motifs is 1. The van der Waals surface area contributed by atoms with Gasteiger partial charge in [0, 0.05) is 10.6 Å². The van der Waals surface area contributed by atoms with Crippen molar-refractivity contribution in [3.8, 4) is 17.1 Å². The molecular weight excluding hydrogens is 330 g/mol. The van der Waals surface area contributed by atoms with E-state index >= 15 is 0 Å². The standard InChI is InChI=1S/C18H14ClNO4/c1-10-2-4-11(5-3-10)17-18(23-9-15(20)21)16(22)13-8-12(19)6-7-14(13)24-17/h2-8H,9H2,1H3,(H2,20,21). The Kier molecular flexibility index (Phi) is 4.27. The van der Waals surface area contributed by atoms with Crippen LogP contribution in [0.1, 0.15) is 5.56 Å². The largest absolute Gasteiger partial charge is 0.476 e. The maximum absolute atomic E-state index is 12.8. The van der Waals surface area contributed by atoms with Gasteiger partial charge in [0.2, 0.25) is 11.2 Å². The molecule has 6 heteroatoms. The molecular formula is C18H14ClNO4. The van der Waals surface area contributed by atoms with Crippen LogP contribution in [0.15, 0.2) is 51.7 Å². The van der Waals surface area contributed by atoms with Crippen LogP contribution in [0.3, 0.4) is 0 Å². The fourth-order valence-electron chi connectivity index (χ4n) is 2.32. The molecule has 0 saturated heterocycles. The molecule has 5 nitrogen and oxygen atoms in total. The predicted molar refractivity (Wildman–Crippen MR) is 92.4 cm³/mol. The van der Waals surface area contributed by atoms with Gasteiger partial charge in [0.1, 0.15) is 5.58 Å². The van der Waals surface area contributed by atoms with E-state index in [-0.39, 0.29) is 16.9 Å². The number of ether oxygens (including phenoxy) is 1. The highest BCUT2D eigenvalue weighted by Gasteiger charge is 2.18. The van der Waals surface area contributed by atoms with Crippen molar-refractivity contribution in [2.45, 2.75) is 6.92 Å². The van der Waals surface area contributed by atoms with Gasteiger partial charge in [-0.05, 0) is 25.1 Å². The van der Waals surface area contributed by atoms with E-state index in [1.807, 2.05) is 31.2 Å². The second-order valence-electron chi connectivity index (χ2n) is 5.35. The quantitative estimate of drug-likeness (QED) is 0.788. The van der Waals surface area contributed by atoms with E-state index in [1.165, 1.54) is 6.07 Å². The molecule has 24 heavy (non-hydrogen) atoms. The molecule has 0 unspecified atom stereocenters. The first kappa shape index (κ1) is 16.1. The van der Waals surface area contributed by atoms with Crippen LogP contribution in [0.5, 0.6) is 5.75 Å². The van der Waals surface area contributed by atoms with Crippen molar-refractivity contribution in [1.29, 1.82) is 0 Å². The van der Waals surface area contributed by atoms with E-state index in [0.717, 1.165) is 5.56 Å². The van der Waals surface area contributed by atoms with Crippen LogP contribution >= 0.6 is 11.6 Å². The maximum Gasteiger partial charge on any atom is 0.255 e. The van der Waals surface area contributed by atoms with Gasteiger partial charge in [-0.3, -0.25) is 9.59 Å². The Morgan fingerprint density at radius 3 is 2.58 bits per heavy atom. The molecule has 0 aliphatic heterocycles. The summed E-state index contributed by atoms with van der Waals surface area (Å²) in [5.74, 6) is -0.501. The number of primary amides is 1. The van der Waals surface area contributed by atoms with Crippen molar-refractivity contribution >= 4 is 28.5 Å². The lowest BCUT2D eigenvalue weighted by Crippen LogP contribution is -2.22. The normalized spacial score (nSPS) is 10.8. The summed E-state index contributed by atoms with van der Waals surface area (Å²) < 4.78 is 11.2. The summed E-state index contributed by atoms with van der Waals surface area (Å²) in [5, 5.41) is 0.677. The molecule has 0 radical (unpaired) electrons. The van der Waals surface area contributed by atoms with Gasteiger partial charge in [0.05, 0.1) is 5.39 Å². The number of hydrogen-bond acceptors (Lipinski definition) is 4. The molecule has 0 atom stereocenters. The van der Waals surface area contributed by atoms with Crippen LogP contribution in [-0.2, 0) is 4.79 Å². The number of carbonyl (C=O) groups excluding carboxylic acids is 1. The summed E-state index contributed by atoms with van der Waals surface area (Å²) in [4.78, 5) is 23.8. The Hall–Kier alpha value is -2.79. The van der Waals surface area contributed by atoms with Gasteiger partial charge in [-0.15, -0.1) is 0 Å². The minimum Gasteiger partial charge on any atom is -0.476 e. The molecule has 122 valence electrons. The molecule has 0 bridgehead atoms. The van der Waals surface area contributed by atoms with E-state index in [2.05, 4.69) is 0 Å². The molecule has 2 aromatic carbocycles. The van der Waals surface area contributed by atoms with E-state index in [9.17, 15) is 9.59 Å². The van der Waals surface area contributed by atoms with Gasteiger partial charge in [-0.2, -0.15) is 0 Å². The van der Waals surface area contributed by atoms with Crippen LogP contribution in [-0.4, -0.2) is 12.5 Å². The minimum absolute atomic E-state index is 0.0626. The summed E-state index contributed by atoms with van der Waals surface area (Å²) in [5.41, 5.74) is 6.82. The number of hydrogen-bond donors (Lipinski definition) is 1. The number of amides is 1. The second kappa shape index (κ2) is 6.37. The van der Waals surface area contributed by atoms with Gasteiger partial charge in [-0.1, -0.05) is 41.4 Å². The van der Waals surface area contributed by atoms with Gasteiger partial charge in [0.25, 0.3) is 5.91 Å². The monoisotopic (exact) mass is 343 g/mol. The van der Waals surface area contributed by atoms with Crippen LogP contribution in [0.4, 0.5) is 0 Å². The van der Waals surface area contributed by atoms with Crippen molar-refractivity contribution in [2.24, 2.45) is 5.73 Å². The number of benzene rings is 2. The van der Waals surface area contributed by atoms with Crippen molar-refractivity contribution in [3.63, 3.8) is 0 Å². The van der Waals surface area contributed by atoms with Crippen molar-refractivity contribution in [1.82, 2.24) is 0 Å². The maximum atomic E-state index is 12.8. The smallest absolute Gasteiger partial charge is 0.255 e. The number of halogens is 1. The summed E-state index contributed by atoms with van der Waals surface area (Å²) in [6, 6.07) is 12.2. The van der Waals surface area contributed by atoms with Gasteiger partial charge in [0.15, 0.2) is 12.4 Å². The van der Waals surface area contributed by atoms with E-state index in [0.29, 0.717) is 16.2 Å². The molecule has 0 aliphatic rings. The van der Waals surface area contributed by atoms with E-state index in [4.69, 9.17) is 26.5 Å². The number of aryl methyl sites for hydroxylation is 1. The first-order valence-electron chi connectivity index (χ1n) is 7.20. The summed E-state index contributed by atoms with van der Waals surface area (Å²) in [6.07, 6.45) is 0. The van der Waals surface area contributed by atoms with Gasteiger partial charge >= 0.3 is 0 Å². The van der Waals surface area contributed by atoms with Gasteiger partial charge in [-0.25, -0.2) is 0 Å². The number of nitrogens with two attached hydrogens (primary N) is 1. The SMILES string of the molecule is Cc1ccc(-c2oc3ccc(Cl)cc3c(=O)c2OCC(N)=O)cc1. The third-order valence-corrected chi connectivity index (χ3v) is 3.72. The van der Waals surface area contributed by atoms with Crippen LogP contribution in [0, 0.1) is 6.92 Å². The summed E-state index contributed by atoms with van der Waals surface area (Å²) in [6.45, 7) is 1.53. The zero-order chi connectivity index (χ0) is 17.3. The topological polar surface area (TPSA) is 82.5 Å². The molecule has 0 spiro atoms. The van der Waals surface area contributed by atoms with Crippen molar-refractivity contribution in [3.05, 3.63) is 63.3 Å². The van der Waals surface area contributed by atoms with Crippen LogP contribution in [0.2, 0.25) is 5.02 Å². The first-order valence-corrected chi connectivity index (χ1v) is 7.58. The fraction of sp³-hybridized carbons (Fsp3) is 0.111. The molecule has 2 N–H and O–H groups in total. The molecule has 0 aliphatic carbocycles. The molecule has 3 aromatic rings. The summed E-state index contributed by atoms with van der Waals surface area (Å²) >= 11 is 5.95. The average molecular weight is 344 g/mol. The van der Waals surface area contributed by atoms with E-state index in [1.54, 1.807) is 12.1 Å². The highest BCUT2D eigenvalue weighted by Crippen LogP contribution is 2.31. The molecule has 1 amide bonds. The third-order valence-electron chi connectivity index (χ3n) is 3.48. The molecule has 1 heterocycles. The minimum atomic E-state index is -0.685. The lowest BCUT2D eigenvalue weighted by Gasteiger charge is -2.11. The lowest BCUT2D eigenvalue weighted by molar-refractivity contribution is -0.119. The zero-order valence-electron chi connectivity index (χ0n) is 12.8. The highest BCUT2D eigenvalue weighted by atomic mass is 35.5. The average Bonchev–Trinajstić information content (AvgIpc) is 2.55. The fourth-order valence-corrected chi connectivity index (χ4v) is 2.49. The highest BCUT2D eigenvalue weighted by molar-refractivity contribution is 6.31. The predicted octanol–water partition coefficient (Wildman–Crippen LogP) is 3.29. The Morgan fingerprint density at radius 1 is 1.21 bits per heavy atom. The molecule has 1 aromatic heterocycles. The molecule has 3 rings (SSSR count). The molecule has 0 fully saturated rings. The van der Waals surface area contributed by atoms with E-state index < -0.39 is 17.9 Å². The van der Waals surface area contributed by atoms with Crippen LogP contribution < -0.4 is 15.9 Å². The molecule has 0 saturated carbocycles. The Morgan fingerprint density at radius 2 is 1.92 bits per heavy atom. The lowest BCUT2D eigenvalue weighted by atomic mass is 10.1. The third kappa shape index (κ3) is 3.12. The van der Waals surface area contributed by atoms with Crippen molar-refractivity contribution in [2.75, 3.05) is 6.61 Å². The Balaban J connectivity index is 2.26. The number of carbonyl (C=O) groups is 1.